The number of nitrogens with two attached hydrogens (primary N) is 2. The average molecular weight is 349 g/mol. The number of primary amides is 1. The van der Waals surface area contributed by atoms with Crippen molar-refractivity contribution in [1.82, 2.24) is 16.0 Å². The van der Waals surface area contributed by atoms with Gasteiger partial charge in [0.15, 0.2) is 0 Å². The van der Waals surface area contributed by atoms with Crippen molar-refractivity contribution in [1.29, 1.82) is 0 Å². The second kappa shape index (κ2) is 10.2. The molecular formula is C16H23N5O4. The maximum Gasteiger partial charge on any atom is 0.240 e. The van der Waals surface area contributed by atoms with E-state index in [9.17, 15) is 19.2 Å². The van der Waals surface area contributed by atoms with E-state index in [2.05, 4.69) is 16.0 Å². The van der Waals surface area contributed by atoms with Gasteiger partial charge >= 0.3 is 0 Å². The van der Waals surface area contributed by atoms with Crippen LogP contribution in [0.4, 0.5) is 0 Å². The lowest BCUT2D eigenvalue weighted by Crippen LogP contribution is -2.60. The molecule has 1 rings (SSSR count). The van der Waals surface area contributed by atoms with Gasteiger partial charge in [0, 0.05) is 13.0 Å². The molecule has 0 spiro atoms. The molecule has 0 fully saturated rings. The van der Waals surface area contributed by atoms with Gasteiger partial charge in [-0.3, -0.25) is 14.4 Å². The van der Waals surface area contributed by atoms with Crippen LogP contribution in [0.5, 0.6) is 0 Å². The first kappa shape index (κ1) is 20.3. The zero-order valence-corrected chi connectivity index (χ0v) is 13.8. The number of amides is 3. The number of aldehydes is 1. The standard InChI is InChI=1S/C16H23N5O4/c17-7-14(24)20-9-15(25)21-16(11-22,10-19-8-13(18)23)6-12-4-2-1-3-5-12/h1-5,11,19H,6-10,17H2,(H2,18,23)(H,20,24)(H,21,25)/t16-/m1/s1. The number of carbonyl (C=O) groups excluding carboxylic acids is 4. The lowest BCUT2D eigenvalue weighted by atomic mass is 9.91. The van der Waals surface area contributed by atoms with Crippen molar-refractivity contribution in [2.75, 3.05) is 26.2 Å². The van der Waals surface area contributed by atoms with Crippen LogP contribution >= 0.6 is 0 Å². The van der Waals surface area contributed by atoms with Gasteiger partial charge in [0.1, 0.15) is 11.8 Å². The van der Waals surface area contributed by atoms with Crippen molar-refractivity contribution in [3.63, 3.8) is 0 Å². The summed E-state index contributed by atoms with van der Waals surface area (Å²) in [4.78, 5) is 45.9. The van der Waals surface area contributed by atoms with Crippen molar-refractivity contribution in [3.8, 4) is 0 Å². The third-order valence-electron chi connectivity index (χ3n) is 3.35. The normalized spacial score (nSPS) is 12.7. The zero-order valence-electron chi connectivity index (χ0n) is 13.8. The average Bonchev–Trinajstić information content (AvgIpc) is 2.60. The molecule has 9 nitrogen and oxygen atoms in total. The number of benzene rings is 1. The number of hydrogen-bond donors (Lipinski definition) is 5. The molecule has 0 aliphatic carbocycles. The first-order chi connectivity index (χ1) is 11.9. The summed E-state index contributed by atoms with van der Waals surface area (Å²) in [6.07, 6.45) is 0.816. The van der Waals surface area contributed by atoms with Gasteiger partial charge in [0.05, 0.1) is 19.6 Å². The molecule has 0 unspecified atom stereocenters. The first-order valence-electron chi connectivity index (χ1n) is 7.68. The number of nitrogens with one attached hydrogen (secondary N) is 3. The Kier molecular flexibility index (Phi) is 8.24. The predicted octanol–water partition coefficient (Wildman–Crippen LogP) is -2.57. The molecule has 0 heterocycles. The molecule has 1 aromatic carbocycles. The summed E-state index contributed by atoms with van der Waals surface area (Å²) in [5.74, 6) is -1.62. The lowest BCUT2D eigenvalue weighted by molar-refractivity contribution is -0.128. The van der Waals surface area contributed by atoms with Gasteiger partial charge in [-0.25, -0.2) is 0 Å². The Hall–Kier alpha value is -2.78. The second-order valence-corrected chi connectivity index (χ2v) is 5.54. The molecule has 0 bridgehead atoms. The van der Waals surface area contributed by atoms with E-state index < -0.39 is 23.3 Å². The van der Waals surface area contributed by atoms with E-state index in [4.69, 9.17) is 11.5 Å². The van der Waals surface area contributed by atoms with E-state index in [1.165, 1.54) is 0 Å². The molecule has 0 saturated heterocycles. The number of hydrogen-bond acceptors (Lipinski definition) is 6. The maximum atomic E-state index is 12.1. The monoisotopic (exact) mass is 349 g/mol. The molecule has 3 amide bonds. The van der Waals surface area contributed by atoms with Gasteiger partial charge in [-0.05, 0) is 5.56 Å². The summed E-state index contributed by atoms with van der Waals surface area (Å²) in [5, 5.41) is 7.69. The minimum atomic E-state index is -1.29. The second-order valence-electron chi connectivity index (χ2n) is 5.54. The minimum Gasteiger partial charge on any atom is -0.369 e. The first-order valence-corrected chi connectivity index (χ1v) is 7.68. The summed E-state index contributed by atoms with van der Waals surface area (Å²) in [6, 6.07) is 9.08. The van der Waals surface area contributed by atoms with Crippen molar-refractivity contribution in [2.45, 2.75) is 12.0 Å². The highest BCUT2D eigenvalue weighted by Gasteiger charge is 2.32. The van der Waals surface area contributed by atoms with E-state index in [0.717, 1.165) is 5.56 Å². The Morgan fingerprint density at radius 3 is 2.32 bits per heavy atom. The lowest BCUT2D eigenvalue weighted by Gasteiger charge is -2.30. The van der Waals surface area contributed by atoms with Crippen molar-refractivity contribution in [2.24, 2.45) is 11.5 Å². The van der Waals surface area contributed by atoms with Gasteiger partial charge in [-0.1, -0.05) is 30.3 Å². The zero-order chi connectivity index (χ0) is 18.7. The Morgan fingerprint density at radius 2 is 1.76 bits per heavy atom. The van der Waals surface area contributed by atoms with E-state index in [-0.39, 0.29) is 32.6 Å². The van der Waals surface area contributed by atoms with Gasteiger partial charge in [0.2, 0.25) is 17.7 Å². The maximum absolute atomic E-state index is 12.1. The summed E-state index contributed by atoms with van der Waals surface area (Å²) < 4.78 is 0. The van der Waals surface area contributed by atoms with E-state index in [0.29, 0.717) is 6.29 Å². The molecule has 0 aromatic heterocycles. The molecule has 136 valence electrons. The predicted molar refractivity (Wildman–Crippen MR) is 91.2 cm³/mol. The van der Waals surface area contributed by atoms with E-state index >= 15 is 0 Å². The van der Waals surface area contributed by atoms with E-state index in [1.54, 1.807) is 0 Å². The molecule has 9 heteroatoms. The van der Waals surface area contributed by atoms with Crippen molar-refractivity contribution >= 4 is 24.0 Å². The molecule has 7 N–H and O–H groups in total. The highest BCUT2D eigenvalue weighted by atomic mass is 16.2. The van der Waals surface area contributed by atoms with Crippen LogP contribution < -0.4 is 27.4 Å². The van der Waals surface area contributed by atoms with Gasteiger partial charge in [-0.2, -0.15) is 0 Å². The Labute approximate surface area is 145 Å². The Morgan fingerprint density at radius 1 is 1.08 bits per heavy atom. The molecule has 0 aliphatic heterocycles. The molecule has 25 heavy (non-hydrogen) atoms. The third-order valence-corrected chi connectivity index (χ3v) is 3.35. The van der Waals surface area contributed by atoms with Crippen molar-refractivity contribution < 1.29 is 19.2 Å². The van der Waals surface area contributed by atoms with Crippen LogP contribution in [0.3, 0.4) is 0 Å². The van der Waals surface area contributed by atoms with E-state index in [1.807, 2.05) is 30.3 Å². The fraction of sp³-hybridized carbons (Fsp3) is 0.375. The molecule has 0 saturated carbocycles. The largest absolute Gasteiger partial charge is 0.369 e. The van der Waals surface area contributed by atoms with Gasteiger partial charge < -0.3 is 32.2 Å². The Balaban J connectivity index is 2.83. The summed E-state index contributed by atoms with van der Waals surface area (Å²) in [7, 11) is 0. The molecular weight excluding hydrogens is 326 g/mol. The summed E-state index contributed by atoms with van der Waals surface area (Å²) >= 11 is 0. The molecule has 1 aromatic rings. The van der Waals surface area contributed by atoms with Crippen molar-refractivity contribution in [3.05, 3.63) is 35.9 Å². The Bertz CT molecular complexity index is 608. The topological polar surface area (TPSA) is 156 Å². The van der Waals surface area contributed by atoms with Crippen LogP contribution in [0, 0.1) is 0 Å². The summed E-state index contributed by atoms with van der Waals surface area (Å²) in [5.41, 5.74) is 9.76. The number of rotatable bonds is 11. The third kappa shape index (κ3) is 7.55. The molecule has 0 aliphatic rings. The van der Waals surface area contributed by atoms with Crippen LogP contribution in [0.15, 0.2) is 30.3 Å². The molecule has 0 radical (unpaired) electrons. The number of carbonyl (C=O) groups is 4. The summed E-state index contributed by atoms with van der Waals surface area (Å²) in [6.45, 7) is -0.679. The highest BCUT2D eigenvalue weighted by molar-refractivity contribution is 5.88. The van der Waals surface area contributed by atoms with Crippen LogP contribution in [0.25, 0.3) is 0 Å². The quantitative estimate of drug-likeness (QED) is 0.276. The van der Waals surface area contributed by atoms with Crippen LogP contribution in [-0.4, -0.2) is 55.7 Å². The van der Waals surface area contributed by atoms with Crippen LogP contribution in [0.1, 0.15) is 5.56 Å². The van der Waals surface area contributed by atoms with Gasteiger partial charge in [0.25, 0.3) is 0 Å². The highest BCUT2D eigenvalue weighted by Crippen LogP contribution is 2.11. The van der Waals surface area contributed by atoms with Crippen LogP contribution in [-0.2, 0) is 25.6 Å². The SMILES string of the molecule is NCC(=O)NCC(=O)N[C@@](C=O)(CNCC(N)=O)Cc1ccccc1. The van der Waals surface area contributed by atoms with Crippen LogP contribution in [0.2, 0.25) is 0 Å². The minimum absolute atomic E-state index is 0.00487. The molecule has 1 atom stereocenters. The fourth-order valence-electron chi connectivity index (χ4n) is 2.21. The van der Waals surface area contributed by atoms with Gasteiger partial charge in [-0.15, -0.1) is 0 Å². The smallest absolute Gasteiger partial charge is 0.240 e. The fourth-order valence-corrected chi connectivity index (χ4v) is 2.21.